The van der Waals surface area contributed by atoms with E-state index >= 15 is 0 Å². The van der Waals surface area contributed by atoms with Crippen LogP contribution in [-0.4, -0.2) is 38.1 Å². The van der Waals surface area contributed by atoms with E-state index in [-0.39, 0.29) is 28.3 Å². The zero-order valence-electron chi connectivity index (χ0n) is 6.30. The summed E-state index contributed by atoms with van der Waals surface area (Å²) in [5, 5.41) is 8.26. The number of rotatable bonds is 6. The quantitative estimate of drug-likeness (QED) is 0.465. The Morgan fingerprint density at radius 2 is 1.70 bits per heavy atom. The first-order valence-electron chi connectivity index (χ1n) is 3.18. The van der Waals surface area contributed by atoms with E-state index in [1.807, 2.05) is 6.92 Å². The Hall–Kier alpha value is 0.594. The number of ether oxygens (including phenoxy) is 2. The zero-order chi connectivity index (χ0) is 6.95. The molecule has 1 N–H and O–H groups in total. The molecule has 0 saturated carbocycles. The Bertz CT molecular complexity index is 46.3. The number of aliphatic hydroxyl groups excluding tert-OH is 1. The minimum Gasteiger partial charge on any atom is -0.394 e. The second kappa shape index (κ2) is 12.3. The maximum Gasteiger partial charge on any atom is 0.0701 e. The van der Waals surface area contributed by atoms with Crippen molar-refractivity contribution in [2.24, 2.45) is 0 Å². The molecule has 0 radical (unpaired) electrons. The molecule has 0 rings (SSSR count). The average Bonchev–Trinajstić information content (AvgIpc) is 1.89. The van der Waals surface area contributed by atoms with Crippen molar-refractivity contribution in [2.45, 2.75) is 6.92 Å². The van der Waals surface area contributed by atoms with Crippen molar-refractivity contribution in [1.29, 1.82) is 0 Å². The van der Waals surface area contributed by atoms with Crippen LogP contribution in [0.4, 0.5) is 0 Å². The van der Waals surface area contributed by atoms with E-state index in [0.717, 1.165) is 6.61 Å². The Morgan fingerprint density at radius 1 is 1.10 bits per heavy atom. The number of hydrogen-bond acceptors (Lipinski definition) is 3. The number of hydrogen-bond donors (Lipinski definition) is 1. The molecule has 0 bridgehead atoms. The van der Waals surface area contributed by atoms with Crippen molar-refractivity contribution >= 4 is 0 Å². The van der Waals surface area contributed by atoms with Crippen LogP contribution in [0.1, 0.15) is 6.92 Å². The molecule has 10 heavy (non-hydrogen) atoms. The summed E-state index contributed by atoms with van der Waals surface area (Å²) in [6.07, 6.45) is 0. The molecular weight excluding hydrogens is 168 g/mol. The molecule has 0 atom stereocenters. The topological polar surface area (TPSA) is 38.7 Å². The molecule has 4 heteroatoms. The molecule has 3 nitrogen and oxygen atoms in total. The molecular formula is C6H14O3Ti. The molecule has 0 amide bonds. The van der Waals surface area contributed by atoms with Crippen LogP contribution in [0.15, 0.2) is 0 Å². The molecule has 0 aromatic carbocycles. The molecule has 0 aromatic rings. The summed E-state index contributed by atoms with van der Waals surface area (Å²) in [5.41, 5.74) is 0. The van der Waals surface area contributed by atoms with Crippen LogP contribution in [0.3, 0.4) is 0 Å². The first-order chi connectivity index (χ1) is 4.41. The van der Waals surface area contributed by atoms with E-state index in [1.54, 1.807) is 0 Å². The fourth-order valence-corrected chi connectivity index (χ4v) is 0.429. The predicted molar refractivity (Wildman–Crippen MR) is 34.4 cm³/mol. The first-order valence-corrected chi connectivity index (χ1v) is 3.18. The van der Waals surface area contributed by atoms with Gasteiger partial charge in [-0.15, -0.1) is 0 Å². The Labute approximate surface area is 76.6 Å². The summed E-state index contributed by atoms with van der Waals surface area (Å²) in [6.45, 7) is 4.36. The molecule has 0 spiro atoms. The van der Waals surface area contributed by atoms with Gasteiger partial charge < -0.3 is 14.6 Å². The summed E-state index contributed by atoms with van der Waals surface area (Å²) in [5.74, 6) is 0. The van der Waals surface area contributed by atoms with Crippen molar-refractivity contribution in [2.75, 3.05) is 33.0 Å². The van der Waals surface area contributed by atoms with Gasteiger partial charge in [-0.2, -0.15) is 0 Å². The molecule has 0 heterocycles. The third-order valence-electron chi connectivity index (χ3n) is 0.812. The van der Waals surface area contributed by atoms with Crippen LogP contribution >= 0.6 is 0 Å². The van der Waals surface area contributed by atoms with E-state index in [0.29, 0.717) is 19.8 Å². The average molecular weight is 182 g/mol. The fourth-order valence-electron chi connectivity index (χ4n) is 0.429. The van der Waals surface area contributed by atoms with Gasteiger partial charge in [0.25, 0.3) is 0 Å². The fraction of sp³-hybridized carbons (Fsp3) is 1.00. The molecule has 0 aliphatic heterocycles. The standard InChI is InChI=1S/C6H14O3.Ti/c1-2-8-5-6-9-4-3-7;/h7H,2-6H2,1H3;. The maximum absolute atomic E-state index is 8.26. The second-order valence-corrected chi connectivity index (χ2v) is 1.53. The van der Waals surface area contributed by atoms with E-state index in [9.17, 15) is 0 Å². The SMILES string of the molecule is CCOCCOCCO.[Ti]. The van der Waals surface area contributed by atoms with Gasteiger partial charge in [-0.3, -0.25) is 0 Å². The molecule has 0 fully saturated rings. The molecule has 0 aliphatic rings. The zero-order valence-corrected chi connectivity index (χ0v) is 7.86. The molecule has 60 valence electrons. The number of aliphatic hydroxyl groups is 1. The second-order valence-electron chi connectivity index (χ2n) is 1.53. The Morgan fingerprint density at radius 3 is 2.20 bits per heavy atom. The van der Waals surface area contributed by atoms with Crippen molar-refractivity contribution in [3.63, 3.8) is 0 Å². The molecule has 0 aromatic heterocycles. The van der Waals surface area contributed by atoms with Gasteiger partial charge in [-0.1, -0.05) is 0 Å². The van der Waals surface area contributed by atoms with E-state index < -0.39 is 0 Å². The van der Waals surface area contributed by atoms with Gasteiger partial charge in [-0.05, 0) is 6.92 Å². The molecule has 0 aliphatic carbocycles. The predicted octanol–water partition coefficient (Wildman–Crippen LogP) is 0.0293. The van der Waals surface area contributed by atoms with Crippen molar-refractivity contribution in [3.05, 3.63) is 0 Å². The van der Waals surface area contributed by atoms with Gasteiger partial charge in [0.1, 0.15) is 0 Å². The smallest absolute Gasteiger partial charge is 0.0701 e. The van der Waals surface area contributed by atoms with Crippen molar-refractivity contribution < 1.29 is 36.3 Å². The summed E-state index contributed by atoms with van der Waals surface area (Å²) >= 11 is 0. The van der Waals surface area contributed by atoms with Crippen LogP contribution in [0, 0.1) is 0 Å². The first kappa shape index (κ1) is 13.2. The van der Waals surface area contributed by atoms with E-state index in [1.165, 1.54) is 0 Å². The normalized spacial score (nSPS) is 9.00. The Kier molecular flexibility index (Phi) is 16.2. The maximum atomic E-state index is 8.26. The van der Waals surface area contributed by atoms with Crippen LogP contribution in [0.5, 0.6) is 0 Å². The van der Waals surface area contributed by atoms with Crippen LogP contribution in [0.2, 0.25) is 0 Å². The molecule has 0 unspecified atom stereocenters. The van der Waals surface area contributed by atoms with E-state index in [4.69, 9.17) is 14.6 Å². The monoisotopic (exact) mass is 182 g/mol. The van der Waals surface area contributed by atoms with Gasteiger partial charge in [0, 0.05) is 28.3 Å². The van der Waals surface area contributed by atoms with Crippen LogP contribution in [0.25, 0.3) is 0 Å². The van der Waals surface area contributed by atoms with Gasteiger partial charge >= 0.3 is 0 Å². The summed E-state index contributed by atoms with van der Waals surface area (Å²) in [6, 6.07) is 0. The van der Waals surface area contributed by atoms with E-state index in [2.05, 4.69) is 0 Å². The summed E-state index contributed by atoms with van der Waals surface area (Å²) < 4.78 is 9.88. The van der Waals surface area contributed by atoms with Gasteiger partial charge in [0.05, 0.1) is 26.4 Å². The molecule has 0 saturated heterocycles. The minimum absolute atomic E-state index is 0. The van der Waals surface area contributed by atoms with Gasteiger partial charge in [-0.25, -0.2) is 0 Å². The third kappa shape index (κ3) is 11.4. The van der Waals surface area contributed by atoms with Crippen LogP contribution < -0.4 is 0 Å². The van der Waals surface area contributed by atoms with Crippen molar-refractivity contribution in [1.82, 2.24) is 0 Å². The Balaban J connectivity index is 0. The minimum atomic E-state index is 0. The van der Waals surface area contributed by atoms with Crippen LogP contribution in [-0.2, 0) is 31.2 Å². The summed E-state index contributed by atoms with van der Waals surface area (Å²) in [4.78, 5) is 0. The third-order valence-corrected chi connectivity index (χ3v) is 0.812. The van der Waals surface area contributed by atoms with Gasteiger partial charge in [0.15, 0.2) is 0 Å². The van der Waals surface area contributed by atoms with Crippen molar-refractivity contribution in [3.8, 4) is 0 Å². The summed E-state index contributed by atoms with van der Waals surface area (Å²) in [7, 11) is 0. The largest absolute Gasteiger partial charge is 0.394 e. The van der Waals surface area contributed by atoms with Gasteiger partial charge in [0.2, 0.25) is 0 Å².